The van der Waals surface area contributed by atoms with Gasteiger partial charge in [-0.05, 0) is 103 Å². The van der Waals surface area contributed by atoms with E-state index in [2.05, 4.69) is 209 Å². The molecular weight excluding hydrogens is 695 g/mol. The van der Waals surface area contributed by atoms with Gasteiger partial charge in [-0.3, -0.25) is 0 Å². The Morgan fingerprint density at radius 1 is 0.393 bits per heavy atom. The zero-order chi connectivity index (χ0) is 37.8. The second kappa shape index (κ2) is 12.1. The minimum atomic E-state index is -0.164. The maximum Gasteiger partial charge on any atom is 0.0508 e. The third-order valence-corrected chi connectivity index (χ3v) is 13.9. The van der Waals surface area contributed by atoms with E-state index in [1.54, 1.807) is 0 Å². The van der Waals surface area contributed by atoms with Gasteiger partial charge in [0, 0.05) is 42.4 Å². The van der Waals surface area contributed by atoms with Crippen LogP contribution >= 0.6 is 11.3 Å². The van der Waals surface area contributed by atoms with Crippen molar-refractivity contribution in [1.29, 1.82) is 0 Å². The van der Waals surface area contributed by atoms with Gasteiger partial charge in [-0.25, -0.2) is 0 Å². The van der Waals surface area contributed by atoms with Gasteiger partial charge in [-0.1, -0.05) is 167 Å². The molecule has 8 aromatic carbocycles. The fourth-order valence-electron chi connectivity index (χ4n) is 9.98. The van der Waals surface area contributed by atoms with E-state index < -0.39 is 0 Å². The van der Waals surface area contributed by atoms with Crippen LogP contribution in [-0.2, 0) is 10.8 Å². The molecule has 2 aliphatic rings. The second-order valence-corrected chi connectivity index (χ2v) is 17.5. The number of rotatable bonds is 5. The molecule has 1 aromatic heterocycles. The van der Waals surface area contributed by atoms with Crippen LogP contribution in [0.5, 0.6) is 0 Å². The fourth-order valence-corrected chi connectivity index (χ4v) is 11.2. The number of anilines is 3. The molecule has 0 unspecified atom stereocenters. The lowest BCUT2D eigenvalue weighted by atomic mass is 9.81. The van der Waals surface area contributed by atoms with E-state index in [0.717, 1.165) is 11.4 Å². The Bertz CT molecular complexity index is 3010. The molecule has 0 saturated heterocycles. The van der Waals surface area contributed by atoms with Crippen LogP contribution in [0.1, 0.15) is 49.9 Å². The number of benzene rings is 8. The quantitative estimate of drug-likeness (QED) is 0.170. The van der Waals surface area contributed by atoms with Crippen LogP contribution in [-0.4, -0.2) is 0 Å². The third-order valence-electron chi connectivity index (χ3n) is 12.7. The number of hydrogen-bond acceptors (Lipinski definition) is 2. The summed E-state index contributed by atoms with van der Waals surface area (Å²) in [6.45, 7) is 9.47. The van der Waals surface area contributed by atoms with E-state index in [1.165, 1.54) is 92.6 Å². The van der Waals surface area contributed by atoms with Crippen molar-refractivity contribution in [3.05, 3.63) is 198 Å². The number of nitrogens with zero attached hydrogens (tertiary/aromatic N) is 1. The van der Waals surface area contributed by atoms with Crippen LogP contribution in [0.3, 0.4) is 0 Å². The highest BCUT2D eigenvalue weighted by atomic mass is 32.1. The van der Waals surface area contributed by atoms with Crippen molar-refractivity contribution in [2.24, 2.45) is 0 Å². The van der Waals surface area contributed by atoms with Crippen molar-refractivity contribution in [2.75, 3.05) is 4.90 Å². The molecule has 56 heavy (non-hydrogen) atoms. The maximum absolute atomic E-state index is 2.48. The second-order valence-electron chi connectivity index (χ2n) is 16.5. The van der Waals surface area contributed by atoms with Crippen LogP contribution in [0.4, 0.5) is 17.1 Å². The average Bonchev–Trinajstić information content (AvgIpc) is 3.82. The summed E-state index contributed by atoms with van der Waals surface area (Å²) in [6.07, 6.45) is 0. The van der Waals surface area contributed by atoms with E-state index in [9.17, 15) is 0 Å². The molecule has 2 heteroatoms. The summed E-state index contributed by atoms with van der Waals surface area (Å²) >= 11 is 1.89. The average molecular weight is 736 g/mol. The molecule has 0 saturated carbocycles. The maximum atomic E-state index is 2.48. The highest BCUT2D eigenvalue weighted by Gasteiger charge is 2.39. The van der Waals surface area contributed by atoms with Gasteiger partial charge in [0.2, 0.25) is 0 Å². The molecule has 0 bridgehead atoms. The van der Waals surface area contributed by atoms with E-state index >= 15 is 0 Å². The molecule has 268 valence electrons. The first-order valence-corrected chi connectivity index (χ1v) is 20.5. The van der Waals surface area contributed by atoms with Crippen molar-refractivity contribution < 1.29 is 0 Å². The first kappa shape index (κ1) is 33.1. The Morgan fingerprint density at radius 2 is 0.911 bits per heavy atom. The Balaban J connectivity index is 1.06. The van der Waals surface area contributed by atoms with Crippen LogP contribution in [0.2, 0.25) is 0 Å². The van der Waals surface area contributed by atoms with Gasteiger partial charge in [0.05, 0.1) is 5.69 Å². The molecule has 1 nitrogen and oxygen atoms in total. The van der Waals surface area contributed by atoms with Crippen LogP contribution in [0.15, 0.2) is 176 Å². The smallest absolute Gasteiger partial charge is 0.0508 e. The Kier molecular flexibility index (Phi) is 7.18. The van der Waals surface area contributed by atoms with Gasteiger partial charge in [0.25, 0.3) is 0 Å². The largest absolute Gasteiger partial charge is 0.310 e. The van der Waals surface area contributed by atoms with Gasteiger partial charge >= 0.3 is 0 Å². The molecule has 11 rings (SSSR count). The summed E-state index contributed by atoms with van der Waals surface area (Å²) in [5, 5.41) is 2.65. The summed E-state index contributed by atoms with van der Waals surface area (Å²) in [5.74, 6) is 0. The summed E-state index contributed by atoms with van der Waals surface area (Å²) < 4.78 is 2.67. The van der Waals surface area contributed by atoms with Gasteiger partial charge in [0.15, 0.2) is 0 Å². The van der Waals surface area contributed by atoms with Crippen molar-refractivity contribution >= 4 is 48.6 Å². The molecule has 0 fully saturated rings. The van der Waals surface area contributed by atoms with Crippen LogP contribution in [0, 0.1) is 0 Å². The van der Waals surface area contributed by atoms with E-state index in [1.807, 2.05) is 11.3 Å². The lowest BCUT2D eigenvalue weighted by Crippen LogP contribution is -2.20. The first-order chi connectivity index (χ1) is 27.3. The Morgan fingerprint density at radius 3 is 1.66 bits per heavy atom. The molecule has 0 aliphatic heterocycles. The SMILES string of the molecule is CC1(C)c2ccccc2-c2c(-c3ccc(N(c4ccc(-c5cccc6c5sc5ccccc56)cc4)c4cccc5c4C(C)(C)c4ccccc4-5)cc3)cccc21. The fraction of sp³-hybridized carbons (Fsp3) is 0.111. The molecule has 9 aromatic rings. The highest BCUT2D eigenvalue weighted by molar-refractivity contribution is 7.26. The molecule has 0 N–H and O–H groups in total. The van der Waals surface area contributed by atoms with E-state index in [4.69, 9.17) is 0 Å². The molecule has 0 amide bonds. The predicted molar refractivity (Wildman–Crippen MR) is 240 cm³/mol. The van der Waals surface area contributed by atoms with E-state index in [-0.39, 0.29) is 10.8 Å². The van der Waals surface area contributed by atoms with E-state index in [0.29, 0.717) is 0 Å². The standard InChI is InChI=1S/C54H41NS/c1-53(2)46-22-9-6-16-44(46)50-38(17-12-23-47(50)53)34-26-30-36(31-27-34)55(48-24-13-19-42-40-14-5-8-21-45(40)54(3,4)51(42)48)37-32-28-35(29-33-37)39-18-11-20-43-41-15-7-10-25-49(41)56-52(39)43/h5-33H,1-4H3. The molecule has 0 atom stereocenters. The minimum Gasteiger partial charge on any atom is -0.310 e. The molecule has 2 aliphatic carbocycles. The summed E-state index contributed by atoms with van der Waals surface area (Å²) in [7, 11) is 0. The minimum absolute atomic E-state index is 0.0363. The molecular formula is C54H41NS. The van der Waals surface area contributed by atoms with Gasteiger partial charge < -0.3 is 4.90 Å². The lowest BCUT2D eigenvalue weighted by molar-refractivity contribution is 0.660. The zero-order valence-corrected chi connectivity index (χ0v) is 32.9. The van der Waals surface area contributed by atoms with Crippen LogP contribution < -0.4 is 4.90 Å². The number of fused-ring (bicyclic) bond motifs is 9. The number of thiophene rings is 1. The van der Waals surface area contributed by atoms with Crippen molar-refractivity contribution in [1.82, 2.24) is 0 Å². The molecule has 0 radical (unpaired) electrons. The van der Waals surface area contributed by atoms with Crippen molar-refractivity contribution in [3.63, 3.8) is 0 Å². The monoisotopic (exact) mass is 735 g/mol. The lowest BCUT2D eigenvalue weighted by Gasteiger charge is -2.32. The normalized spacial score (nSPS) is 14.4. The third kappa shape index (κ3) is 4.72. The molecule has 1 heterocycles. The zero-order valence-electron chi connectivity index (χ0n) is 32.1. The van der Waals surface area contributed by atoms with Crippen molar-refractivity contribution in [2.45, 2.75) is 38.5 Å². The predicted octanol–water partition coefficient (Wildman–Crippen LogP) is 15.5. The van der Waals surface area contributed by atoms with Gasteiger partial charge in [0.1, 0.15) is 0 Å². The highest BCUT2D eigenvalue weighted by Crippen LogP contribution is 2.55. The van der Waals surface area contributed by atoms with Gasteiger partial charge in [-0.15, -0.1) is 11.3 Å². The summed E-state index contributed by atoms with van der Waals surface area (Å²) in [4.78, 5) is 2.48. The first-order valence-electron chi connectivity index (χ1n) is 19.7. The summed E-state index contributed by atoms with van der Waals surface area (Å²) in [5.41, 5.74) is 19.2. The molecule has 0 spiro atoms. The Labute approximate surface area is 333 Å². The number of hydrogen-bond donors (Lipinski definition) is 0. The van der Waals surface area contributed by atoms with Gasteiger partial charge in [-0.2, -0.15) is 0 Å². The summed E-state index contributed by atoms with van der Waals surface area (Å²) in [6, 6.07) is 65.6. The van der Waals surface area contributed by atoms with Crippen LogP contribution in [0.25, 0.3) is 64.7 Å². The van der Waals surface area contributed by atoms with Crippen molar-refractivity contribution in [3.8, 4) is 44.5 Å². The Hall–Kier alpha value is -6.22. The topological polar surface area (TPSA) is 3.24 Å².